The lowest BCUT2D eigenvalue weighted by atomic mass is 9.97. The molecule has 0 aliphatic rings. The first-order valence-corrected chi connectivity index (χ1v) is 4.50. The van der Waals surface area contributed by atoms with Crippen LogP contribution in [-0.4, -0.2) is 16.6 Å². The summed E-state index contributed by atoms with van der Waals surface area (Å²) in [6.07, 6.45) is 1.56. The summed E-state index contributed by atoms with van der Waals surface area (Å²) in [5.74, 6) is -0.917. The lowest BCUT2D eigenvalue weighted by Gasteiger charge is -2.07. The molecule has 0 fully saturated rings. The topological polar surface area (TPSA) is 47.0 Å². The van der Waals surface area contributed by atoms with Gasteiger partial charge in [-0.05, 0) is 32.4 Å². The zero-order valence-corrected chi connectivity index (χ0v) is 8.57. The smallest absolute Gasteiger partial charge is 0.191 e. The van der Waals surface area contributed by atoms with Crippen LogP contribution in [0.3, 0.4) is 0 Å². The highest BCUT2D eigenvalue weighted by atomic mass is 16.1. The van der Waals surface area contributed by atoms with E-state index < -0.39 is 5.92 Å². The molecule has 1 aromatic rings. The third-order valence-electron chi connectivity index (χ3n) is 2.25. The fourth-order valence-corrected chi connectivity index (χ4v) is 1.13. The van der Waals surface area contributed by atoms with E-state index in [0.717, 1.165) is 5.56 Å². The summed E-state index contributed by atoms with van der Waals surface area (Å²) < 4.78 is 0. The Morgan fingerprint density at radius 3 is 2.57 bits per heavy atom. The number of nitrogens with zero attached hydrogens (tertiary/aromatic N) is 1. The van der Waals surface area contributed by atoms with Gasteiger partial charge in [-0.15, -0.1) is 0 Å². The highest BCUT2D eigenvalue weighted by Crippen LogP contribution is 2.11. The van der Waals surface area contributed by atoms with Gasteiger partial charge in [-0.1, -0.05) is 6.07 Å². The standard InChI is InChI=1S/C11H13NO2/c1-7-5-4-6-12-10(7)11(14)8(2)9(3)13/h4-6,8H,1-3H3. The largest absolute Gasteiger partial charge is 0.299 e. The molecule has 3 nitrogen and oxygen atoms in total. The third-order valence-corrected chi connectivity index (χ3v) is 2.25. The number of hydrogen-bond acceptors (Lipinski definition) is 3. The van der Waals surface area contributed by atoms with Gasteiger partial charge in [0.25, 0.3) is 0 Å². The SMILES string of the molecule is CC(=O)C(C)C(=O)c1ncccc1C. The molecule has 3 heteroatoms. The van der Waals surface area contributed by atoms with Crippen molar-refractivity contribution in [2.24, 2.45) is 5.92 Å². The molecule has 1 rings (SSSR count). The lowest BCUT2D eigenvalue weighted by Crippen LogP contribution is -2.20. The van der Waals surface area contributed by atoms with Crippen molar-refractivity contribution < 1.29 is 9.59 Å². The third kappa shape index (κ3) is 2.05. The molecule has 0 aliphatic carbocycles. The number of carbonyl (C=O) groups excluding carboxylic acids is 2. The monoisotopic (exact) mass is 191 g/mol. The molecule has 1 aromatic heterocycles. The van der Waals surface area contributed by atoms with Crippen molar-refractivity contribution in [1.82, 2.24) is 4.98 Å². The summed E-state index contributed by atoms with van der Waals surface area (Å²) in [6.45, 7) is 4.84. The Morgan fingerprint density at radius 2 is 2.07 bits per heavy atom. The van der Waals surface area contributed by atoms with Gasteiger partial charge >= 0.3 is 0 Å². The molecule has 0 amide bonds. The molecule has 0 spiro atoms. The number of carbonyl (C=O) groups is 2. The number of Topliss-reactive ketones (excluding diaryl/α,β-unsaturated/α-hetero) is 2. The van der Waals surface area contributed by atoms with Gasteiger partial charge in [0.1, 0.15) is 11.5 Å². The maximum atomic E-state index is 11.7. The minimum Gasteiger partial charge on any atom is -0.299 e. The highest BCUT2D eigenvalue weighted by molar-refractivity contribution is 6.09. The van der Waals surface area contributed by atoms with Crippen LogP contribution in [0.5, 0.6) is 0 Å². The first kappa shape index (κ1) is 10.6. The number of aromatic nitrogens is 1. The number of rotatable bonds is 3. The number of hydrogen-bond donors (Lipinski definition) is 0. The van der Waals surface area contributed by atoms with E-state index in [1.807, 2.05) is 13.0 Å². The Balaban J connectivity index is 3.01. The molecular formula is C11H13NO2. The number of ketones is 2. The lowest BCUT2D eigenvalue weighted by molar-refractivity contribution is -0.118. The molecule has 1 heterocycles. The molecule has 0 bridgehead atoms. The average molecular weight is 191 g/mol. The summed E-state index contributed by atoms with van der Waals surface area (Å²) >= 11 is 0. The molecule has 14 heavy (non-hydrogen) atoms. The molecule has 0 aliphatic heterocycles. The first-order valence-electron chi connectivity index (χ1n) is 4.50. The fraction of sp³-hybridized carbons (Fsp3) is 0.364. The first-order chi connectivity index (χ1) is 6.54. The van der Waals surface area contributed by atoms with Gasteiger partial charge in [0.05, 0.1) is 5.92 Å². The Kier molecular flexibility index (Phi) is 3.12. The van der Waals surface area contributed by atoms with Gasteiger partial charge in [-0.3, -0.25) is 14.6 Å². The Bertz CT molecular complexity index is 371. The van der Waals surface area contributed by atoms with E-state index in [2.05, 4.69) is 4.98 Å². The van der Waals surface area contributed by atoms with E-state index in [-0.39, 0.29) is 11.6 Å². The van der Waals surface area contributed by atoms with Gasteiger partial charge in [-0.2, -0.15) is 0 Å². The zero-order chi connectivity index (χ0) is 10.7. The van der Waals surface area contributed by atoms with Crippen LogP contribution in [0.25, 0.3) is 0 Å². The second-order valence-corrected chi connectivity index (χ2v) is 3.37. The van der Waals surface area contributed by atoms with Crippen molar-refractivity contribution in [1.29, 1.82) is 0 Å². The van der Waals surface area contributed by atoms with E-state index in [0.29, 0.717) is 5.69 Å². The summed E-state index contributed by atoms with van der Waals surface area (Å²) in [6, 6.07) is 3.58. The second-order valence-electron chi connectivity index (χ2n) is 3.37. The predicted molar refractivity (Wildman–Crippen MR) is 53.1 cm³/mol. The molecule has 74 valence electrons. The normalized spacial score (nSPS) is 12.2. The summed E-state index contributed by atoms with van der Waals surface area (Å²) in [7, 11) is 0. The maximum absolute atomic E-state index is 11.7. The molecule has 0 saturated carbocycles. The molecule has 0 saturated heterocycles. The zero-order valence-electron chi connectivity index (χ0n) is 8.57. The van der Waals surface area contributed by atoms with Crippen LogP contribution in [-0.2, 0) is 4.79 Å². The van der Waals surface area contributed by atoms with Crippen molar-refractivity contribution in [2.45, 2.75) is 20.8 Å². The van der Waals surface area contributed by atoms with Crippen LogP contribution in [0.4, 0.5) is 0 Å². The van der Waals surface area contributed by atoms with Gasteiger partial charge in [0.15, 0.2) is 5.78 Å². The van der Waals surface area contributed by atoms with E-state index in [1.54, 1.807) is 19.2 Å². The second kappa shape index (κ2) is 4.13. The number of pyridine rings is 1. The summed E-state index contributed by atoms with van der Waals surface area (Å²) in [5, 5.41) is 0. The van der Waals surface area contributed by atoms with Crippen LogP contribution in [0.15, 0.2) is 18.3 Å². The maximum Gasteiger partial charge on any atom is 0.191 e. The average Bonchev–Trinajstić information content (AvgIpc) is 2.16. The Morgan fingerprint density at radius 1 is 1.43 bits per heavy atom. The van der Waals surface area contributed by atoms with Crippen molar-refractivity contribution in [3.8, 4) is 0 Å². The minimum absolute atomic E-state index is 0.125. The van der Waals surface area contributed by atoms with Crippen LogP contribution in [0.1, 0.15) is 29.9 Å². The quantitative estimate of drug-likeness (QED) is 0.540. The Labute approximate surface area is 83.2 Å². The fourth-order valence-electron chi connectivity index (χ4n) is 1.13. The highest BCUT2D eigenvalue weighted by Gasteiger charge is 2.21. The van der Waals surface area contributed by atoms with E-state index in [9.17, 15) is 9.59 Å². The van der Waals surface area contributed by atoms with Crippen molar-refractivity contribution >= 4 is 11.6 Å². The van der Waals surface area contributed by atoms with E-state index in [4.69, 9.17) is 0 Å². The van der Waals surface area contributed by atoms with Crippen LogP contribution in [0, 0.1) is 12.8 Å². The molecule has 0 N–H and O–H groups in total. The van der Waals surface area contributed by atoms with Gasteiger partial charge in [-0.25, -0.2) is 0 Å². The van der Waals surface area contributed by atoms with Crippen LogP contribution in [0.2, 0.25) is 0 Å². The number of aryl methyl sites for hydroxylation is 1. The molecule has 0 aromatic carbocycles. The van der Waals surface area contributed by atoms with Crippen molar-refractivity contribution in [3.05, 3.63) is 29.6 Å². The van der Waals surface area contributed by atoms with E-state index >= 15 is 0 Å². The summed E-state index contributed by atoms with van der Waals surface area (Å²) in [4.78, 5) is 26.7. The van der Waals surface area contributed by atoms with Crippen LogP contribution < -0.4 is 0 Å². The summed E-state index contributed by atoms with van der Waals surface area (Å²) in [5.41, 5.74) is 1.21. The molecule has 0 radical (unpaired) electrons. The minimum atomic E-state index is -0.594. The van der Waals surface area contributed by atoms with Gasteiger partial charge in [0.2, 0.25) is 0 Å². The van der Waals surface area contributed by atoms with Gasteiger partial charge in [0, 0.05) is 6.20 Å². The molecular weight excluding hydrogens is 178 g/mol. The van der Waals surface area contributed by atoms with E-state index in [1.165, 1.54) is 6.92 Å². The van der Waals surface area contributed by atoms with Crippen molar-refractivity contribution in [3.63, 3.8) is 0 Å². The van der Waals surface area contributed by atoms with Crippen molar-refractivity contribution in [2.75, 3.05) is 0 Å². The van der Waals surface area contributed by atoms with Gasteiger partial charge < -0.3 is 0 Å². The van der Waals surface area contributed by atoms with Crippen LogP contribution >= 0.6 is 0 Å². The Hall–Kier alpha value is -1.51. The molecule has 1 atom stereocenters. The molecule has 1 unspecified atom stereocenters. The predicted octanol–water partition coefficient (Wildman–Crippen LogP) is 1.80.